The van der Waals surface area contributed by atoms with Crippen LogP contribution in [0.5, 0.6) is 0 Å². The summed E-state index contributed by atoms with van der Waals surface area (Å²) in [6.45, 7) is 3.54. The highest BCUT2D eigenvalue weighted by Gasteiger charge is 2.15. The van der Waals surface area contributed by atoms with Gasteiger partial charge in [-0.2, -0.15) is 0 Å². The molecule has 0 saturated heterocycles. The maximum absolute atomic E-state index is 5.42. The van der Waals surface area contributed by atoms with Gasteiger partial charge in [0, 0.05) is 4.47 Å². The standard InChI is InChI=1S/C10H10BrNO/c1-7-3-2-4-8(11)9(7)10-12-5-6-13-10/h2-4H,5-6H2,1H3. The first-order valence-corrected chi connectivity index (χ1v) is 5.01. The summed E-state index contributed by atoms with van der Waals surface area (Å²) >= 11 is 3.50. The largest absolute Gasteiger partial charge is 0.475 e. The van der Waals surface area contributed by atoms with E-state index in [0.717, 1.165) is 22.5 Å². The van der Waals surface area contributed by atoms with Crippen LogP contribution in [0, 0.1) is 6.92 Å². The van der Waals surface area contributed by atoms with Crippen LogP contribution in [-0.4, -0.2) is 19.0 Å². The Hall–Kier alpha value is -0.830. The highest BCUT2D eigenvalue weighted by molar-refractivity contribution is 9.10. The van der Waals surface area contributed by atoms with Gasteiger partial charge < -0.3 is 4.74 Å². The van der Waals surface area contributed by atoms with Crippen molar-refractivity contribution in [2.75, 3.05) is 13.2 Å². The van der Waals surface area contributed by atoms with E-state index in [-0.39, 0.29) is 0 Å². The summed E-state index contributed by atoms with van der Waals surface area (Å²) in [4.78, 5) is 4.29. The van der Waals surface area contributed by atoms with E-state index in [9.17, 15) is 0 Å². The van der Waals surface area contributed by atoms with Crippen LogP contribution in [0.3, 0.4) is 0 Å². The molecule has 0 unspecified atom stereocenters. The third kappa shape index (κ3) is 1.61. The van der Waals surface area contributed by atoms with E-state index in [1.165, 1.54) is 5.56 Å². The molecule has 0 aromatic heterocycles. The van der Waals surface area contributed by atoms with Crippen molar-refractivity contribution in [3.63, 3.8) is 0 Å². The van der Waals surface area contributed by atoms with E-state index in [2.05, 4.69) is 33.9 Å². The van der Waals surface area contributed by atoms with Gasteiger partial charge in [0.05, 0.1) is 12.1 Å². The summed E-state index contributed by atoms with van der Waals surface area (Å²) in [6, 6.07) is 6.08. The fourth-order valence-corrected chi connectivity index (χ4v) is 2.02. The fourth-order valence-electron chi connectivity index (χ4n) is 1.39. The van der Waals surface area contributed by atoms with E-state index in [0.29, 0.717) is 6.61 Å². The van der Waals surface area contributed by atoms with E-state index < -0.39 is 0 Å². The van der Waals surface area contributed by atoms with Gasteiger partial charge in [0.15, 0.2) is 0 Å². The Morgan fingerprint density at radius 2 is 2.31 bits per heavy atom. The Labute approximate surface area is 85.8 Å². The van der Waals surface area contributed by atoms with Gasteiger partial charge in [-0.3, -0.25) is 0 Å². The molecule has 0 saturated carbocycles. The van der Waals surface area contributed by atoms with Crippen LogP contribution in [0.15, 0.2) is 27.7 Å². The third-order valence-electron chi connectivity index (χ3n) is 2.02. The third-order valence-corrected chi connectivity index (χ3v) is 2.68. The van der Waals surface area contributed by atoms with Crippen molar-refractivity contribution in [1.29, 1.82) is 0 Å². The smallest absolute Gasteiger partial charge is 0.217 e. The first-order valence-electron chi connectivity index (χ1n) is 4.22. The van der Waals surface area contributed by atoms with E-state index in [4.69, 9.17) is 4.74 Å². The average molecular weight is 240 g/mol. The maximum Gasteiger partial charge on any atom is 0.217 e. The molecule has 13 heavy (non-hydrogen) atoms. The second-order valence-electron chi connectivity index (χ2n) is 2.97. The molecule has 2 rings (SSSR count). The molecule has 1 aliphatic heterocycles. The number of hydrogen-bond donors (Lipinski definition) is 0. The molecular weight excluding hydrogens is 230 g/mol. The van der Waals surface area contributed by atoms with Gasteiger partial charge in [-0.1, -0.05) is 12.1 Å². The Morgan fingerprint density at radius 1 is 1.46 bits per heavy atom. The average Bonchev–Trinajstić information content (AvgIpc) is 2.57. The minimum Gasteiger partial charge on any atom is -0.475 e. The maximum atomic E-state index is 5.42. The van der Waals surface area contributed by atoms with Crippen molar-refractivity contribution < 1.29 is 4.74 Å². The molecular formula is C10H10BrNO. The molecule has 68 valence electrons. The van der Waals surface area contributed by atoms with Crippen molar-refractivity contribution in [3.8, 4) is 0 Å². The molecule has 0 bridgehead atoms. The monoisotopic (exact) mass is 239 g/mol. The highest BCUT2D eigenvalue weighted by atomic mass is 79.9. The molecule has 1 aromatic carbocycles. The van der Waals surface area contributed by atoms with Crippen LogP contribution in [0.25, 0.3) is 0 Å². The normalized spacial score (nSPS) is 15.4. The lowest BCUT2D eigenvalue weighted by atomic mass is 10.1. The topological polar surface area (TPSA) is 21.6 Å². The number of hydrogen-bond acceptors (Lipinski definition) is 2. The molecule has 1 heterocycles. The van der Waals surface area contributed by atoms with Crippen molar-refractivity contribution in [2.24, 2.45) is 4.99 Å². The molecule has 0 radical (unpaired) electrons. The molecule has 1 aromatic rings. The second-order valence-corrected chi connectivity index (χ2v) is 3.82. The number of halogens is 1. The van der Waals surface area contributed by atoms with E-state index in [1.807, 2.05) is 12.1 Å². The molecule has 1 aliphatic rings. The van der Waals surface area contributed by atoms with Gasteiger partial charge in [0.1, 0.15) is 6.61 Å². The zero-order valence-corrected chi connectivity index (χ0v) is 8.97. The number of rotatable bonds is 1. The quantitative estimate of drug-likeness (QED) is 0.739. The Bertz CT molecular complexity index is 340. The van der Waals surface area contributed by atoms with Crippen LogP contribution in [-0.2, 0) is 4.74 Å². The van der Waals surface area contributed by atoms with Crippen LogP contribution in [0.1, 0.15) is 11.1 Å². The number of ether oxygens (including phenoxy) is 1. The number of benzene rings is 1. The summed E-state index contributed by atoms with van der Waals surface area (Å²) in [7, 11) is 0. The zero-order chi connectivity index (χ0) is 9.26. The van der Waals surface area contributed by atoms with E-state index in [1.54, 1.807) is 0 Å². The van der Waals surface area contributed by atoms with Crippen molar-refractivity contribution in [3.05, 3.63) is 33.8 Å². The minimum absolute atomic E-state index is 0.704. The van der Waals surface area contributed by atoms with Crippen LogP contribution < -0.4 is 0 Å². The Kier molecular flexibility index (Phi) is 2.36. The predicted octanol–water partition coefficient (Wildman–Crippen LogP) is 2.53. The van der Waals surface area contributed by atoms with Gasteiger partial charge in [-0.05, 0) is 34.5 Å². The van der Waals surface area contributed by atoms with Crippen LogP contribution in [0.4, 0.5) is 0 Å². The van der Waals surface area contributed by atoms with E-state index >= 15 is 0 Å². The molecule has 0 atom stereocenters. The molecule has 0 spiro atoms. The van der Waals surface area contributed by atoms with Gasteiger partial charge in [0.25, 0.3) is 0 Å². The fraction of sp³-hybridized carbons (Fsp3) is 0.300. The molecule has 0 N–H and O–H groups in total. The highest BCUT2D eigenvalue weighted by Crippen LogP contribution is 2.22. The first-order chi connectivity index (χ1) is 6.29. The molecule has 3 heteroatoms. The Morgan fingerprint density at radius 3 is 2.92 bits per heavy atom. The number of aryl methyl sites for hydroxylation is 1. The lowest BCUT2D eigenvalue weighted by Crippen LogP contribution is -2.04. The zero-order valence-electron chi connectivity index (χ0n) is 7.38. The van der Waals surface area contributed by atoms with Gasteiger partial charge in [-0.15, -0.1) is 0 Å². The summed E-state index contributed by atoms with van der Waals surface area (Å²) in [5.74, 6) is 0.768. The second kappa shape index (κ2) is 3.50. The van der Waals surface area contributed by atoms with Gasteiger partial charge >= 0.3 is 0 Å². The molecule has 0 amide bonds. The lowest BCUT2D eigenvalue weighted by molar-refractivity contribution is 0.348. The first kappa shape index (κ1) is 8.75. The predicted molar refractivity (Wildman–Crippen MR) is 56.2 cm³/mol. The van der Waals surface area contributed by atoms with Gasteiger partial charge in [0.2, 0.25) is 5.90 Å². The van der Waals surface area contributed by atoms with Crippen molar-refractivity contribution in [1.82, 2.24) is 0 Å². The minimum atomic E-state index is 0.704. The lowest BCUT2D eigenvalue weighted by Gasteiger charge is -2.07. The van der Waals surface area contributed by atoms with Gasteiger partial charge in [-0.25, -0.2) is 4.99 Å². The number of aliphatic imine (C=N–C) groups is 1. The summed E-state index contributed by atoms with van der Waals surface area (Å²) in [5, 5.41) is 0. The number of nitrogens with zero attached hydrogens (tertiary/aromatic N) is 1. The SMILES string of the molecule is Cc1cccc(Br)c1C1=NCCO1. The molecule has 0 aliphatic carbocycles. The van der Waals surface area contributed by atoms with Crippen LogP contribution >= 0.6 is 15.9 Å². The van der Waals surface area contributed by atoms with Crippen molar-refractivity contribution >= 4 is 21.8 Å². The van der Waals surface area contributed by atoms with Crippen molar-refractivity contribution in [2.45, 2.75) is 6.92 Å². The molecule has 0 fully saturated rings. The molecule has 2 nitrogen and oxygen atoms in total. The summed E-state index contributed by atoms with van der Waals surface area (Å²) in [6.07, 6.45) is 0. The summed E-state index contributed by atoms with van der Waals surface area (Å²) in [5.41, 5.74) is 2.27. The van der Waals surface area contributed by atoms with Crippen LogP contribution in [0.2, 0.25) is 0 Å². The Balaban J connectivity index is 2.49. The summed E-state index contributed by atoms with van der Waals surface area (Å²) < 4.78 is 6.47.